The lowest BCUT2D eigenvalue weighted by Gasteiger charge is -2.37. The van der Waals surface area contributed by atoms with E-state index in [2.05, 4.69) is 0 Å². The lowest BCUT2D eigenvalue weighted by molar-refractivity contribution is -0.0499. The summed E-state index contributed by atoms with van der Waals surface area (Å²) in [5.74, 6) is -0.453. The molecule has 0 aromatic heterocycles. The van der Waals surface area contributed by atoms with Crippen molar-refractivity contribution in [2.45, 2.75) is 37.3 Å². The van der Waals surface area contributed by atoms with Gasteiger partial charge in [-0.05, 0) is 59.0 Å². The Bertz CT molecular complexity index is 1970. The number of fused-ring (bicyclic) bond motifs is 6. The Morgan fingerprint density at radius 2 is 1.11 bits per heavy atom. The van der Waals surface area contributed by atoms with E-state index in [9.17, 15) is 26.7 Å². The summed E-state index contributed by atoms with van der Waals surface area (Å²) < 4.78 is 72.8. The van der Waals surface area contributed by atoms with Crippen LogP contribution < -0.4 is 9.08 Å². The minimum absolute atomic E-state index is 0.0986. The number of nitrogens with zero attached hydrogens (tertiary/aromatic N) is 1. The maximum absolute atomic E-state index is 14.0. The molecule has 0 saturated carbocycles. The van der Waals surface area contributed by atoms with E-state index in [0.717, 1.165) is 16.9 Å². The Balaban J connectivity index is 1.74. The standard InChI is InChI=1S/C36H28F3NO4S/c1-34(2)26-20-12-10-18-24(26)28-30(34)32(40(22-14-6-4-7-15-22)23-16-8-5-9-17-23)31-29(33(28)44-45(42,43)36(37,38)39)25-19-11-13-21-27(25)35(31,3)41/h4-21,41H,1-3H3. The summed E-state index contributed by atoms with van der Waals surface area (Å²) >= 11 is 0. The molecule has 0 fully saturated rings. The van der Waals surface area contributed by atoms with Crippen LogP contribution in [0.5, 0.6) is 5.75 Å². The molecule has 5 aromatic rings. The average Bonchev–Trinajstić information content (AvgIpc) is 3.39. The maximum atomic E-state index is 14.0. The van der Waals surface area contributed by atoms with Gasteiger partial charge in [0.15, 0.2) is 5.75 Å². The van der Waals surface area contributed by atoms with Crippen molar-refractivity contribution in [1.29, 1.82) is 0 Å². The first-order valence-corrected chi connectivity index (χ1v) is 15.8. The fraction of sp³-hybridized carbons (Fsp3) is 0.167. The number of rotatable bonds is 5. The van der Waals surface area contributed by atoms with Gasteiger partial charge in [-0.25, -0.2) is 0 Å². The Kier molecular flexibility index (Phi) is 6.28. The summed E-state index contributed by atoms with van der Waals surface area (Å²) in [5.41, 5.74) is -2.99. The number of aliphatic hydroxyl groups is 1. The number of para-hydroxylation sites is 2. The van der Waals surface area contributed by atoms with Gasteiger partial charge < -0.3 is 14.2 Å². The van der Waals surface area contributed by atoms with Gasteiger partial charge >= 0.3 is 15.6 Å². The molecular formula is C36H28F3NO4S. The molecule has 2 aliphatic carbocycles. The number of hydrogen-bond donors (Lipinski definition) is 1. The Hall–Kier alpha value is -4.60. The second-order valence-corrected chi connectivity index (χ2v) is 13.5. The van der Waals surface area contributed by atoms with E-state index in [4.69, 9.17) is 4.18 Å². The normalized spacial score (nSPS) is 17.7. The maximum Gasteiger partial charge on any atom is 0.534 e. The van der Waals surface area contributed by atoms with E-state index in [1.165, 1.54) is 0 Å². The third-order valence-corrected chi connectivity index (χ3v) is 9.81. The lowest BCUT2D eigenvalue weighted by atomic mass is 9.78. The fourth-order valence-electron chi connectivity index (χ4n) is 6.98. The van der Waals surface area contributed by atoms with Gasteiger partial charge in [0, 0.05) is 33.5 Å². The molecule has 0 amide bonds. The van der Waals surface area contributed by atoms with Crippen molar-refractivity contribution < 1.29 is 30.9 Å². The molecule has 5 nitrogen and oxygen atoms in total. The van der Waals surface area contributed by atoms with Crippen molar-refractivity contribution in [3.05, 3.63) is 131 Å². The molecule has 0 radical (unpaired) electrons. The first-order chi connectivity index (χ1) is 21.3. The van der Waals surface area contributed by atoms with Crippen LogP contribution in [0.4, 0.5) is 30.2 Å². The van der Waals surface area contributed by atoms with Crippen molar-refractivity contribution >= 4 is 27.2 Å². The van der Waals surface area contributed by atoms with Crippen LogP contribution >= 0.6 is 0 Å². The molecule has 2 aliphatic rings. The van der Waals surface area contributed by atoms with Crippen LogP contribution in [0.1, 0.15) is 43.0 Å². The highest BCUT2D eigenvalue weighted by molar-refractivity contribution is 7.88. The first kappa shape index (κ1) is 29.1. The molecule has 0 spiro atoms. The topological polar surface area (TPSA) is 66.8 Å². The monoisotopic (exact) mass is 627 g/mol. The minimum atomic E-state index is -6.11. The molecule has 0 saturated heterocycles. The highest BCUT2D eigenvalue weighted by Crippen LogP contribution is 2.66. The summed E-state index contributed by atoms with van der Waals surface area (Å²) in [6, 6.07) is 33.0. The quantitative estimate of drug-likeness (QED) is 0.156. The van der Waals surface area contributed by atoms with Crippen LogP contribution in [0.2, 0.25) is 0 Å². The van der Waals surface area contributed by atoms with Gasteiger partial charge in [0.2, 0.25) is 0 Å². The molecule has 45 heavy (non-hydrogen) atoms. The fourth-order valence-corrected chi connectivity index (χ4v) is 7.46. The highest BCUT2D eigenvalue weighted by atomic mass is 32.2. The van der Waals surface area contributed by atoms with Crippen LogP contribution in [0.15, 0.2) is 109 Å². The Labute approximate surface area is 259 Å². The van der Waals surface area contributed by atoms with Crippen molar-refractivity contribution in [2.75, 3.05) is 4.90 Å². The molecule has 0 aliphatic heterocycles. The molecule has 7 rings (SSSR count). The van der Waals surface area contributed by atoms with Gasteiger partial charge in [0.05, 0.1) is 5.69 Å². The molecule has 1 unspecified atom stereocenters. The van der Waals surface area contributed by atoms with Gasteiger partial charge in [-0.1, -0.05) is 98.8 Å². The van der Waals surface area contributed by atoms with Crippen molar-refractivity contribution in [3.63, 3.8) is 0 Å². The number of benzene rings is 5. The van der Waals surface area contributed by atoms with Gasteiger partial charge in [-0.15, -0.1) is 0 Å². The molecular weight excluding hydrogens is 599 g/mol. The average molecular weight is 628 g/mol. The molecule has 1 N–H and O–H groups in total. The van der Waals surface area contributed by atoms with E-state index in [1.807, 2.05) is 91.5 Å². The third-order valence-electron chi connectivity index (χ3n) is 8.86. The zero-order chi connectivity index (χ0) is 31.9. The van der Waals surface area contributed by atoms with E-state index in [1.54, 1.807) is 43.3 Å². The summed E-state index contributed by atoms with van der Waals surface area (Å²) in [5, 5.41) is 12.5. The molecule has 9 heteroatoms. The summed E-state index contributed by atoms with van der Waals surface area (Å²) in [6.45, 7) is 5.47. The van der Waals surface area contributed by atoms with E-state index in [-0.39, 0.29) is 16.7 Å². The summed E-state index contributed by atoms with van der Waals surface area (Å²) in [4.78, 5) is 1.98. The van der Waals surface area contributed by atoms with E-state index < -0.39 is 32.4 Å². The molecule has 5 aromatic carbocycles. The SMILES string of the molecule is CC1(C)c2ccccc2-c2c(OS(=O)(=O)C(F)(F)F)c3c(c(N(c4ccccc4)c4ccccc4)c21)C(C)(O)c1ccccc1-3. The Morgan fingerprint density at radius 1 is 0.667 bits per heavy atom. The zero-order valence-electron chi connectivity index (χ0n) is 24.6. The highest BCUT2D eigenvalue weighted by Gasteiger charge is 2.54. The van der Waals surface area contributed by atoms with Crippen molar-refractivity contribution in [2.24, 2.45) is 0 Å². The number of hydrogen-bond acceptors (Lipinski definition) is 5. The van der Waals surface area contributed by atoms with E-state index in [0.29, 0.717) is 27.9 Å². The van der Waals surface area contributed by atoms with Crippen LogP contribution in [0, 0.1) is 0 Å². The van der Waals surface area contributed by atoms with Crippen LogP contribution in [0.3, 0.4) is 0 Å². The molecule has 228 valence electrons. The van der Waals surface area contributed by atoms with Gasteiger partial charge in [0.25, 0.3) is 0 Å². The van der Waals surface area contributed by atoms with Crippen LogP contribution in [-0.2, 0) is 21.1 Å². The van der Waals surface area contributed by atoms with Crippen LogP contribution in [-0.4, -0.2) is 19.0 Å². The number of anilines is 3. The van der Waals surface area contributed by atoms with Gasteiger partial charge in [0.1, 0.15) is 5.60 Å². The predicted molar refractivity (Wildman–Crippen MR) is 168 cm³/mol. The molecule has 0 heterocycles. The minimum Gasteiger partial charge on any atom is -0.381 e. The lowest BCUT2D eigenvalue weighted by Crippen LogP contribution is -2.30. The van der Waals surface area contributed by atoms with E-state index >= 15 is 0 Å². The molecule has 1 atom stereocenters. The third kappa shape index (κ3) is 4.14. The van der Waals surface area contributed by atoms with Gasteiger partial charge in [-0.3, -0.25) is 0 Å². The van der Waals surface area contributed by atoms with Crippen molar-refractivity contribution in [3.8, 4) is 28.0 Å². The second-order valence-electron chi connectivity index (χ2n) is 12.0. The van der Waals surface area contributed by atoms with Gasteiger partial charge in [-0.2, -0.15) is 21.6 Å². The smallest absolute Gasteiger partial charge is 0.381 e. The number of halogens is 3. The Morgan fingerprint density at radius 3 is 1.64 bits per heavy atom. The summed E-state index contributed by atoms with van der Waals surface area (Å²) in [6.07, 6.45) is 0. The summed E-state index contributed by atoms with van der Waals surface area (Å²) in [7, 11) is -6.11. The zero-order valence-corrected chi connectivity index (χ0v) is 25.4. The second kappa shape index (κ2) is 9.70. The molecule has 0 bridgehead atoms. The van der Waals surface area contributed by atoms with Crippen LogP contribution in [0.25, 0.3) is 22.3 Å². The number of alkyl halides is 3. The largest absolute Gasteiger partial charge is 0.534 e. The predicted octanol–water partition coefficient (Wildman–Crippen LogP) is 8.93. The first-order valence-electron chi connectivity index (χ1n) is 14.3. The van der Waals surface area contributed by atoms with Crippen molar-refractivity contribution in [1.82, 2.24) is 0 Å².